The number of hydrogen-bond acceptors (Lipinski definition) is 4. The lowest BCUT2D eigenvalue weighted by Gasteiger charge is -2.06. The number of carbonyl (C=O) groups is 1. The Morgan fingerprint density at radius 2 is 2.05 bits per heavy atom. The van der Waals surface area contributed by atoms with E-state index in [9.17, 15) is 9.59 Å². The Labute approximate surface area is 129 Å². The molecule has 2 rings (SSSR count). The SMILES string of the molecule is Nc1nc(Cc2ccc(Cl)c(Cl)c2)[nH]c(=O)c1CC(=O)O. The number of rotatable bonds is 4. The Bertz CT molecular complexity index is 759. The monoisotopic (exact) mass is 327 g/mol. The van der Waals surface area contributed by atoms with E-state index >= 15 is 0 Å². The predicted molar refractivity (Wildman–Crippen MR) is 79.9 cm³/mol. The molecule has 0 atom stereocenters. The third-order valence-electron chi connectivity index (χ3n) is 2.78. The van der Waals surface area contributed by atoms with Crippen molar-refractivity contribution in [3.05, 3.63) is 55.5 Å². The summed E-state index contributed by atoms with van der Waals surface area (Å²) >= 11 is 11.7. The summed E-state index contributed by atoms with van der Waals surface area (Å²) in [6.07, 6.45) is -0.176. The number of halogens is 2. The molecule has 0 radical (unpaired) electrons. The predicted octanol–water partition coefficient (Wildman–Crippen LogP) is 1.88. The molecule has 8 heteroatoms. The van der Waals surface area contributed by atoms with Gasteiger partial charge in [-0.15, -0.1) is 0 Å². The van der Waals surface area contributed by atoms with E-state index < -0.39 is 17.9 Å². The molecule has 4 N–H and O–H groups in total. The molecule has 1 aromatic heterocycles. The van der Waals surface area contributed by atoms with Crippen LogP contribution in [0.2, 0.25) is 10.0 Å². The number of nitrogen functional groups attached to an aromatic ring is 1. The lowest BCUT2D eigenvalue weighted by atomic mass is 10.1. The fraction of sp³-hybridized carbons (Fsp3) is 0.154. The van der Waals surface area contributed by atoms with Crippen molar-refractivity contribution in [1.29, 1.82) is 0 Å². The molecule has 0 saturated carbocycles. The van der Waals surface area contributed by atoms with E-state index in [-0.39, 0.29) is 11.4 Å². The molecule has 0 aliphatic heterocycles. The number of carboxylic acid groups (broad SMARTS) is 1. The molecule has 1 heterocycles. The lowest BCUT2D eigenvalue weighted by Crippen LogP contribution is -2.22. The van der Waals surface area contributed by atoms with Crippen molar-refractivity contribution >= 4 is 35.0 Å². The third kappa shape index (κ3) is 3.74. The van der Waals surface area contributed by atoms with Crippen molar-refractivity contribution in [2.75, 3.05) is 5.73 Å². The van der Waals surface area contributed by atoms with Gasteiger partial charge in [-0.3, -0.25) is 9.59 Å². The second kappa shape index (κ2) is 6.15. The van der Waals surface area contributed by atoms with E-state index in [1.165, 1.54) is 0 Å². The number of aromatic nitrogens is 2. The van der Waals surface area contributed by atoms with Crippen molar-refractivity contribution in [1.82, 2.24) is 9.97 Å². The minimum Gasteiger partial charge on any atom is -0.481 e. The fourth-order valence-electron chi connectivity index (χ4n) is 1.81. The lowest BCUT2D eigenvalue weighted by molar-refractivity contribution is -0.136. The number of aliphatic carboxylic acids is 1. The maximum Gasteiger partial charge on any atom is 0.308 e. The van der Waals surface area contributed by atoms with E-state index in [2.05, 4.69) is 9.97 Å². The molecule has 0 aliphatic rings. The number of aromatic amines is 1. The number of nitrogens with two attached hydrogens (primary N) is 1. The van der Waals surface area contributed by atoms with E-state index in [1.54, 1.807) is 18.2 Å². The van der Waals surface area contributed by atoms with Gasteiger partial charge in [0.1, 0.15) is 11.6 Å². The van der Waals surface area contributed by atoms with E-state index in [0.717, 1.165) is 5.56 Å². The topological polar surface area (TPSA) is 109 Å². The Morgan fingerprint density at radius 1 is 1.33 bits per heavy atom. The summed E-state index contributed by atoms with van der Waals surface area (Å²) in [5.41, 5.74) is 5.82. The molecule has 1 aromatic carbocycles. The Hall–Kier alpha value is -2.05. The second-order valence-electron chi connectivity index (χ2n) is 4.37. The summed E-state index contributed by atoms with van der Waals surface area (Å²) in [4.78, 5) is 29.0. The van der Waals surface area contributed by atoms with Crippen LogP contribution in [0, 0.1) is 0 Å². The molecule has 0 saturated heterocycles. The van der Waals surface area contributed by atoms with Crippen molar-refractivity contribution in [2.24, 2.45) is 0 Å². The Balaban J connectivity index is 2.31. The first-order chi connectivity index (χ1) is 9.86. The number of nitrogens with one attached hydrogen (secondary N) is 1. The van der Waals surface area contributed by atoms with Gasteiger partial charge in [-0.2, -0.15) is 0 Å². The van der Waals surface area contributed by atoms with Crippen LogP contribution in [0.4, 0.5) is 5.82 Å². The number of benzene rings is 1. The average Bonchev–Trinajstić information content (AvgIpc) is 2.38. The molecular formula is C13H11Cl2N3O3. The zero-order valence-electron chi connectivity index (χ0n) is 10.7. The fourth-order valence-corrected chi connectivity index (χ4v) is 2.13. The summed E-state index contributed by atoms with van der Waals surface area (Å²) in [6.45, 7) is 0. The molecule has 110 valence electrons. The van der Waals surface area contributed by atoms with Crippen LogP contribution in [-0.2, 0) is 17.6 Å². The van der Waals surface area contributed by atoms with Gasteiger partial charge in [0.25, 0.3) is 5.56 Å². The summed E-state index contributed by atoms with van der Waals surface area (Å²) in [7, 11) is 0. The summed E-state index contributed by atoms with van der Waals surface area (Å²) in [6, 6.07) is 5.04. The molecule has 0 bridgehead atoms. The maximum absolute atomic E-state index is 11.8. The van der Waals surface area contributed by atoms with Gasteiger partial charge < -0.3 is 15.8 Å². The third-order valence-corrected chi connectivity index (χ3v) is 3.52. The van der Waals surface area contributed by atoms with Gasteiger partial charge in [-0.1, -0.05) is 29.3 Å². The number of carboxylic acids is 1. The highest BCUT2D eigenvalue weighted by atomic mass is 35.5. The Morgan fingerprint density at radius 3 is 2.62 bits per heavy atom. The quantitative estimate of drug-likeness (QED) is 0.794. The number of hydrogen-bond donors (Lipinski definition) is 3. The van der Waals surface area contributed by atoms with Gasteiger partial charge in [0.2, 0.25) is 0 Å². The molecule has 6 nitrogen and oxygen atoms in total. The zero-order valence-corrected chi connectivity index (χ0v) is 12.2. The van der Waals surface area contributed by atoms with Crippen LogP contribution in [0.1, 0.15) is 17.0 Å². The van der Waals surface area contributed by atoms with E-state index in [0.29, 0.717) is 22.3 Å². The summed E-state index contributed by atoms with van der Waals surface area (Å²) in [5, 5.41) is 9.54. The van der Waals surface area contributed by atoms with Crippen LogP contribution in [0.5, 0.6) is 0 Å². The molecule has 0 amide bonds. The number of H-pyrrole nitrogens is 1. The van der Waals surface area contributed by atoms with Crippen molar-refractivity contribution < 1.29 is 9.90 Å². The van der Waals surface area contributed by atoms with Crippen molar-refractivity contribution in [3.63, 3.8) is 0 Å². The highest BCUT2D eigenvalue weighted by molar-refractivity contribution is 6.42. The molecule has 0 spiro atoms. The number of nitrogens with zero attached hydrogens (tertiary/aromatic N) is 1. The zero-order chi connectivity index (χ0) is 15.6. The molecule has 0 unspecified atom stereocenters. The van der Waals surface area contributed by atoms with Crippen molar-refractivity contribution in [2.45, 2.75) is 12.8 Å². The first-order valence-corrected chi connectivity index (χ1v) is 6.65. The van der Waals surface area contributed by atoms with E-state index in [1.807, 2.05) is 0 Å². The largest absolute Gasteiger partial charge is 0.481 e. The highest BCUT2D eigenvalue weighted by Gasteiger charge is 2.13. The van der Waals surface area contributed by atoms with Gasteiger partial charge in [0.05, 0.1) is 22.0 Å². The van der Waals surface area contributed by atoms with Crippen LogP contribution < -0.4 is 11.3 Å². The van der Waals surface area contributed by atoms with Gasteiger partial charge >= 0.3 is 5.97 Å². The minimum atomic E-state index is -1.15. The van der Waals surface area contributed by atoms with Crippen molar-refractivity contribution in [3.8, 4) is 0 Å². The van der Waals surface area contributed by atoms with Crippen LogP contribution in [-0.4, -0.2) is 21.0 Å². The first kappa shape index (κ1) is 15.3. The smallest absolute Gasteiger partial charge is 0.308 e. The molecular weight excluding hydrogens is 317 g/mol. The Kier molecular flexibility index (Phi) is 4.50. The maximum atomic E-state index is 11.8. The summed E-state index contributed by atoms with van der Waals surface area (Å²) in [5.74, 6) is -0.910. The van der Waals surface area contributed by atoms with Gasteiger partial charge in [0.15, 0.2) is 0 Å². The van der Waals surface area contributed by atoms with Crippen LogP contribution in [0.15, 0.2) is 23.0 Å². The molecule has 21 heavy (non-hydrogen) atoms. The molecule has 0 fully saturated rings. The highest BCUT2D eigenvalue weighted by Crippen LogP contribution is 2.23. The van der Waals surface area contributed by atoms with Crippen LogP contribution >= 0.6 is 23.2 Å². The normalized spacial score (nSPS) is 10.6. The van der Waals surface area contributed by atoms with Crippen LogP contribution in [0.3, 0.4) is 0 Å². The second-order valence-corrected chi connectivity index (χ2v) is 5.19. The average molecular weight is 328 g/mol. The van der Waals surface area contributed by atoms with Gasteiger partial charge in [-0.05, 0) is 17.7 Å². The van der Waals surface area contributed by atoms with E-state index in [4.69, 9.17) is 34.0 Å². The standard InChI is InChI=1S/C13H11Cl2N3O3/c14-8-2-1-6(3-9(8)15)4-10-17-12(16)7(5-11(19)20)13(21)18-10/h1-3H,4-5H2,(H,19,20)(H3,16,17,18,21). The summed E-state index contributed by atoms with van der Waals surface area (Å²) < 4.78 is 0. The van der Waals surface area contributed by atoms with Crippen LogP contribution in [0.25, 0.3) is 0 Å². The molecule has 0 aliphatic carbocycles. The number of anilines is 1. The first-order valence-electron chi connectivity index (χ1n) is 5.90. The molecule has 2 aromatic rings. The van der Waals surface area contributed by atoms with Gasteiger partial charge in [0, 0.05) is 6.42 Å². The minimum absolute atomic E-state index is 0.0552. The van der Waals surface area contributed by atoms with Gasteiger partial charge in [-0.25, -0.2) is 4.98 Å².